The van der Waals surface area contributed by atoms with Gasteiger partial charge in [0.2, 0.25) is 0 Å². The first-order chi connectivity index (χ1) is 9.82. The molecule has 0 spiro atoms. The van der Waals surface area contributed by atoms with Crippen molar-refractivity contribution in [1.82, 2.24) is 4.98 Å². The van der Waals surface area contributed by atoms with E-state index in [1.165, 1.54) is 17.4 Å². The van der Waals surface area contributed by atoms with Gasteiger partial charge in [-0.2, -0.15) is 13.2 Å². The lowest BCUT2D eigenvalue weighted by Gasteiger charge is -2.07. The minimum atomic E-state index is -4.36. The molecule has 0 radical (unpaired) electrons. The summed E-state index contributed by atoms with van der Waals surface area (Å²) in [6.07, 6.45) is -4.36. The number of ether oxygens (including phenoxy) is 1. The standard InChI is InChI=1S/C15H14F3NOS/c1-4-20-9(2)13-10(3)21-14(19-13)11-6-5-7-12(8-11)15(16,17)18/h5-8H,2,4H2,1,3H3. The van der Waals surface area contributed by atoms with E-state index >= 15 is 0 Å². The lowest BCUT2D eigenvalue weighted by atomic mass is 10.1. The first-order valence-corrected chi connectivity index (χ1v) is 7.11. The molecule has 1 aromatic heterocycles. The fourth-order valence-electron chi connectivity index (χ4n) is 1.85. The highest BCUT2D eigenvalue weighted by Crippen LogP contribution is 2.35. The second kappa shape index (κ2) is 5.89. The Morgan fingerprint density at radius 2 is 2.10 bits per heavy atom. The maximum absolute atomic E-state index is 12.7. The van der Waals surface area contributed by atoms with Crippen LogP contribution in [0, 0.1) is 6.92 Å². The summed E-state index contributed by atoms with van der Waals surface area (Å²) in [7, 11) is 0. The number of nitrogens with zero attached hydrogens (tertiary/aromatic N) is 1. The Bertz CT molecular complexity index is 661. The molecular formula is C15H14F3NOS. The second-order valence-corrected chi connectivity index (χ2v) is 5.56. The highest BCUT2D eigenvalue weighted by Gasteiger charge is 2.30. The lowest BCUT2D eigenvalue weighted by Crippen LogP contribution is -2.04. The van der Waals surface area contributed by atoms with Crippen molar-refractivity contribution in [3.8, 4) is 10.6 Å². The minimum absolute atomic E-state index is 0.435. The summed E-state index contributed by atoms with van der Waals surface area (Å²) >= 11 is 1.32. The Morgan fingerprint density at radius 3 is 2.71 bits per heavy atom. The fourth-order valence-corrected chi connectivity index (χ4v) is 2.78. The number of thiazole rings is 1. The van der Waals surface area contributed by atoms with Crippen LogP contribution in [-0.4, -0.2) is 11.6 Å². The van der Waals surface area contributed by atoms with Crippen molar-refractivity contribution in [1.29, 1.82) is 0 Å². The Labute approximate surface area is 124 Å². The van der Waals surface area contributed by atoms with Crippen molar-refractivity contribution in [3.05, 3.63) is 47.0 Å². The highest BCUT2D eigenvalue weighted by molar-refractivity contribution is 7.15. The molecule has 0 aliphatic rings. The van der Waals surface area contributed by atoms with Crippen molar-refractivity contribution >= 4 is 17.1 Å². The van der Waals surface area contributed by atoms with E-state index in [1.54, 1.807) is 6.07 Å². The highest BCUT2D eigenvalue weighted by atomic mass is 32.1. The molecule has 1 aromatic carbocycles. The molecule has 0 amide bonds. The summed E-state index contributed by atoms with van der Waals surface area (Å²) in [6, 6.07) is 5.14. The third kappa shape index (κ3) is 3.44. The van der Waals surface area contributed by atoms with Crippen LogP contribution in [0.1, 0.15) is 23.1 Å². The van der Waals surface area contributed by atoms with Gasteiger partial charge in [0.05, 0.1) is 12.2 Å². The van der Waals surface area contributed by atoms with Gasteiger partial charge in [-0.1, -0.05) is 18.7 Å². The zero-order valence-electron chi connectivity index (χ0n) is 11.6. The van der Waals surface area contributed by atoms with Crippen LogP contribution >= 0.6 is 11.3 Å². The Kier molecular flexibility index (Phi) is 4.37. The summed E-state index contributed by atoms with van der Waals surface area (Å²) in [4.78, 5) is 5.21. The van der Waals surface area contributed by atoms with Crippen LogP contribution in [0.3, 0.4) is 0 Å². The zero-order chi connectivity index (χ0) is 15.6. The second-order valence-electron chi connectivity index (χ2n) is 4.36. The van der Waals surface area contributed by atoms with Gasteiger partial charge in [-0.25, -0.2) is 4.98 Å². The molecule has 0 aliphatic heterocycles. The first kappa shape index (κ1) is 15.6. The van der Waals surface area contributed by atoms with Crippen LogP contribution in [0.5, 0.6) is 0 Å². The van der Waals surface area contributed by atoms with Crippen molar-refractivity contribution in [3.63, 3.8) is 0 Å². The average Bonchev–Trinajstić information content (AvgIpc) is 2.80. The van der Waals surface area contributed by atoms with Crippen LogP contribution < -0.4 is 0 Å². The van der Waals surface area contributed by atoms with Crippen LogP contribution in [0.2, 0.25) is 0 Å². The summed E-state index contributed by atoms with van der Waals surface area (Å²) in [6.45, 7) is 7.92. The van der Waals surface area contributed by atoms with Gasteiger partial charge < -0.3 is 4.74 Å². The molecule has 2 nitrogen and oxygen atoms in total. The Morgan fingerprint density at radius 1 is 1.38 bits per heavy atom. The molecule has 0 saturated carbocycles. The molecule has 6 heteroatoms. The van der Waals surface area contributed by atoms with Crippen LogP contribution in [-0.2, 0) is 10.9 Å². The molecule has 0 fully saturated rings. The van der Waals surface area contributed by atoms with E-state index in [4.69, 9.17) is 4.74 Å². The van der Waals surface area contributed by atoms with Gasteiger partial charge >= 0.3 is 6.18 Å². The molecule has 0 unspecified atom stereocenters. The van der Waals surface area contributed by atoms with E-state index < -0.39 is 11.7 Å². The number of aromatic nitrogens is 1. The normalized spacial score (nSPS) is 11.5. The van der Waals surface area contributed by atoms with Crippen LogP contribution in [0.4, 0.5) is 13.2 Å². The van der Waals surface area contributed by atoms with E-state index in [-0.39, 0.29) is 0 Å². The molecule has 0 aliphatic carbocycles. The van der Waals surface area contributed by atoms with Crippen molar-refractivity contribution in [2.24, 2.45) is 0 Å². The van der Waals surface area contributed by atoms with Crippen molar-refractivity contribution in [2.75, 3.05) is 6.61 Å². The van der Waals surface area contributed by atoms with E-state index in [0.29, 0.717) is 28.6 Å². The van der Waals surface area contributed by atoms with E-state index in [1.807, 2.05) is 13.8 Å². The minimum Gasteiger partial charge on any atom is -0.492 e. The quantitative estimate of drug-likeness (QED) is 0.729. The predicted molar refractivity (Wildman–Crippen MR) is 77.9 cm³/mol. The summed E-state index contributed by atoms with van der Waals surface area (Å²) in [5.74, 6) is 0.435. The zero-order valence-corrected chi connectivity index (χ0v) is 12.4. The number of aryl methyl sites for hydroxylation is 1. The number of benzene rings is 1. The Hall–Kier alpha value is -1.82. The molecular weight excluding hydrogens is 299 g/mol. The van der Waals surface area contributed by atoms with Crippen molar-refractivity contribution < 1.29 is 17.9 Å². The van der Waals surface area contributed by atoms with E-state index in [9.17, 15) is 13.2 Å². The molecule has 2 rings (SSSR count). The van der Waals surface area contributed by atoms with Crippen LogP contribution in [0.25, 0.3) is 16.3 Å². The largest absolute Gasteiger partial charge is 0.492 e. The molecule has 21 heavy (non-hydrogen) atoms. The number of rotatable bonds is 4. The van der Waals surface area contributed by atoms with Gasteiger partial charge in [0.15, 0.2) is 0 Å². The third-order valence-electron chi connectivity index (χ3n) is 2.82. The first-order valence-electron chi connectivity index (χ1n) is 6.30. The van der Waals surface area contributed by atoms with Crippen molar-refractivity contribution in [2.45, 2.75) is 20.0 Å². The predicted octanol–water partition coefficient (Wildman–Crippen LogP) is 5.14. The van der Waals surface area contributed by atoms with Gasteiger partial charge in [-0.15, -0.1) is 11.3 Å². The number of hydrogen-bond donors (Lipinski definition) is 0. The Balaban J connectivity index is 2.40. The lowest BCUT2D eigenvalue weighted by molar-refractivity contribution is -0.137. The SMILES string of the molecule is C=C(OCC)c1nc(-c2cccc(C(F)(F)F)c2)sc1C. The number of hydrogen-bond acceptors (Lipinski definition) is 3. The summed E-state index contributed by atoms with van der Waals surface area (Å²) < 4.78 is 43.5. The fraction of sp³-hybridized carbons (Fsp3) is 0.267. The third-order valence-corrected chi connectivity index (χ3v) is 3.84. The van der Waals surface area contributed by atoms with Gasteiger partial charge in [0.25, 0.3) is 0 Å². The van der Waals surface area contributed by atoms with Crippen LogP contribution in [0.15, 0.2) is 30.8 Å². The smallest absolute Gasteiger partial charge is 0.416 e. The summed E-state index contributed by atoms with van der Waals surface area (Å²) in [5.41, 5.74) is 0.348. The monoisotopic (exact) mass is 313 g/mol. The summed E-state index contributed by atoms with van der Waals surface area (Å²) in [5, 5.41) is 0.523. The number of halogens is 3. The molecule has 0 N–H and O–H groups in total. The molecule has 1 heterocycles. The van der Waals surface area contributed by atoms with Gasteiger partial charge in [-0.05, 0) is 26.0 Å². The number of alkyl halides is 3. The maximum Gasteiger partial charge on any atom is 0.416 e. The van der Waals surface area contributed by atoms with E-state index in [2.05, 4.69) is 11.6 Å². The topological polar surface area (TPSA) is 22.1 Å². The molecule has 0 atom stereocenters. The maximum atomic E-state index is 12.7. The van der Waals surface area contributed by atoms with Gasteiger partial charge in [0, 0.05) is 10.4 Å². The molecule has 112 valence electrons. The molecule has 0 bridgehead atoms. The molecule has 2 aromatic rings. The van der Waals surface area contributed by atoms with Gasteiger partial charge in [0.1, 0.15) is 16.5 Å². The average molecular weight is 313 g/mol. The van der Waals surface area contributed by atoms with Gasteiger partial charge in [-0.3, -0.25) is 0 Å². The van der Waals surface area contributed by atoms with E-state index in [0.717, 1.165) is 17.0 Å². The molecule has 0 saturated heterocycles.